The highest BCUT2D eigenvalue weighted by Crippen LogP contribution is 2.29. The maximum atomic E-state index is 14.0. The van der Waals surface area contributed by atoms with Gasteiger partial charge in [-0.2, -0.15) is 4.31 Å². The molecule has 0 aliphatic rings. The number of nitrogens with one attached hydrogen (secondary N) is 2. The predicted octanol–water partition coefficient (Wildman–Crippen LogP) is 5.95. The number of ether oxygens (including phenoxy) is 1. The molecule has 11 nitrogen and oxygen atoms in total. The summed E-state index contributed by atoms with van der Waals surface area (Å²) in [5.41, 5.74) is 4.86. The molecular formula is C33H36N6O5S3. The lowest BCUT2D eigenvalue weighted by Gasteiger charge is -2.30. The van der Waals surface area contributed by atoms with Crippen LogP contribution in [0.3, 0.4) is 0 Å². The SMILES string of the molecule is CC(C)CN(CC(O)C(Cc1ccccc1)NC(=O)OCc1cncs1)S(=O)(=O)c1ccc(-c2csc(Nc3ccncc3)n2)cc1. The van der Waals surface area contributed by atoms with Crippen LogP contribution in [-0.4, -0.2) is 64.1 Å². The van der Waals surface area contributed by atoms with Crippen LogP contribution in [0.15, 0.2) is 101 Å². The Hall–Kier alpha value is -4.21. The van der Waals surface area contributed by atoms with Gasteiger partial charge in [0.05, 0.1) is 33.1 Å². The zero-order valence-corrected chi connectivity index (χ0v) is 28.3. The number of thiazole rings is 2. The number of aliphatic hydroxyl groups excluding tert-OH is 1. The second kappa shape index (κ2) is 16.1. The first-order valence-electron chi connectivity index (χ1n) is 14.9. The topological polar surface area (TPSA) is 147 Å². The molecule has 246 valence electrons. The van der Waals surface area contributed by atoms with E-state index >= 15 is 0 Å². The summed E-state index contributed by atoms with van der Waals surface area (Å²) in [6.45, 7) is 3.80. The Morgan fingerprint density at radius 2 is 1.72 bits per heavy atom. The van der Waals surface area contributed by atoms with Crippen molar-refractivity contribution >= 4 is 49.6 Å². The molecule has 0 spiro atoms. The van der Waals surface area contributed by atoms with E-state index in [-0.39, 0.29) is 36.9 Å². The van der Waals surface area contributed by atoms with Crippen LogP contribution in [0.2, 0.25) is 0 Å². The normalized spacial score (nSPS) is 13.0. The lowest BCUT2D eigenvalue weighted by atomic mass is 10.0. The van der Waals surface area contributed by atoms with Crippen LogP contribution in [0.5, 0.6) is 0 Å². The van der Waals surface area contributed by atoms with Crippen LogP contribution >= 0.6 is 22.7 Å². The highest BCUT2D eigenvalue weighted by atomic mass is 32.2. The minimum absolute atomic E-state index is 0.0255. The number of pyridine rings is 1. The summed E-state index contributed by atoms with van der Waals surface area (Å²) in [6.07, 6.45) is 3.32. The van der Waals surface area contributed by atoms with E-state index in [0.29, 0.717) is 10.8 Å². The third-order valence-electron chi connectivity index (χ3n) is 7.08. The first-order chi connectivity index (χ1) is 22.7. The van der Waals surface area contributed by atoms with Crippen LogP contribution in [0, 0.1) is 5.92 Å². The molecule has 0 fully saturated rings. The molecule has 3 aromatic heterocycles. The van der Waals surface area contributed by atoms with Crippen molar-refractivity contribution in [2.45, 2.75) is 43.9 Å². The molecule has 1 amide bonds. The smallest absolute Gasteiger partial charge is 0.407 e. The number of alkyl carbamates (subject to hydrolysis) is 1. The number of aliphatic hydroxyl groups is 1. The summed E-state index contributed by atoms with van der Waals surface area (Å²) in [5, 5.41) is 20.1. The van der Waals surface area contributed by atoms with Gasteiger partial charge in [0.25, 0.3) is 0 Å². The van der Waals surface area contributed by atoms with Gasteiger partial charge in [0, 0.05) is 48.3 Å². The monoisotopic (exact) mass is 692 g/mol. The molecule has 2 aromatic carbocycles. The van der Waals surface area contributed by atoms with Gasteiger partial charge in [-0.3, -0.25) is 9.97 Å². The van der Waals surface area contributed by atoms with Crippen molar-refractivity contribution in [3.63, 3.8) is 0 Å². The number of benzene rings is 2. The van der Waals surface area contributed by atoms with Crippen molar-refractivity contribution in [1.29, 1.82) is 0 Å². The van der Waals surface area contributed by atoms with Gasteiger partial charge in [0.1, 0.15) is 6.61 Å². The number of hydrogen-bond donors (Lipinski definition) is 3. The highest BCUT2D eigenvalue weighted by Gasteiger charge is 2.31. The summed E-state index contributed by atoms with van der Waals surface area (Å²) in [7, 11) is -4.01. The van der Waals surface area contributed by atoms with Gasteiger partial charge in [-0.1, -0.05) is 56.3 Å². The van der Waals surface area contributed by atoms with Crippen molar-refractivity contribution in [3.05, 3.63) is 107 Å². The van der Waals surface area contributed by atoms with Crippen molar-refractivity contribution in [2.24, 2.45) is 5.92 Å². The quantitative estimate of drug-likeness (QED) is 0.121. The molecule has 0 saturated carbocycles. The average Bonchev–Trinajstić information content (AvgIpc) is 3.77. The van der Waals surface area contributed by atoms with Gasteiger partial charge < -0.3 is 20.5 Å². The molecule has 3 heterocycles. The van der Waals surface area contributed by atoms with E-state index in [1.165, 1.54) is 27.0 Å². The van der Waals surface area contributed by atoms with Crippen molar-refractivity contribution in [3.8, 4) is 11.3 Å². The summed E-state index contributed by atoms with van der Waals surface area (Å²) in [5.74, 6) is -0.0255. The third kappa shape index (κ3) is 9.65. The molecule has 14 heteroatoms. The largest absolute Gasteiger partial charge is 0.444 e. The van der Waals surface area contributed by atoms with Gasteiger partial charge in [-0.05, 0) is 42.2 Å². The fourth-order valence-corrected chi connectivity index (χ4v) is 7.64. The lowest BCUT2D eigenvalue weighted by Crippen LogP contribution is -2.51. The Morgan fingerprint density at radius 1 is 0.979 bits per heavy atom. The van der Waals surface area contributed by atoms with E-state index in [1.807, 2.05) is 61.7 Å². The summed E-state index contributed by atoms with van der Waals surface area (Å²) >= 11 is 2.80. The van der Waals surface area contributed by atoms with Crippen LogP contribution in [-0.2, 0) is 27.8 Å². The first-order valence-corrected chi connectivity index (χ1v) is 18.1. The zero-order chi connectivity index (χ0) is 33.2. The number of carbonyl (C=O) groups excluding carboxylic acids is 1. The van der Waals surface area contributed by atoms with Crippen molar-refractivity contribution in [2.75, 3.05) is 18.4 Å². The number of sulfonamides is 1. The van der Waals surface area contributed by atoms with Crippen LogP contribution in [0.25, 0.3) is 11.3 Å². The van der Waals surface area contributed by atoms with E-state index in [9.17, 15) is 18.3 Å². The highest BCUT2D eigenvalue weighted by molar-refractivity contribution is 7.89. The summed E-state index contributed by atoms with van der Waals surface area (Å²) in [6, 6.07) is 18.8. The number of hydrogen-bond acceptors (Lipinski definition) is 11. The molecule has 5 aromatic rings. The van der Waals surface area contributed by atoms with E-state index in [4.69, 9.17) is 4.74 Å². The molecular weight excluding hydrogens is 657 g/mol. The average molecular weight is 693 g/mol. The second-order valence-electron chi connectivity index (χ2n) is 11.2. The molecule has 47 heavy (non-hydrogen) atoms. The number of anilines is 2. The number of nitrogens with zero attached hydrogens (tertiary/aromatic N) is 4. The molecule has 0 aliphatic carbocycles. The van der Waals surface area contributed by atoms with Crippen molar-refractivity contribution in [1.82, 2.24) is 24.6 Å². The molecule has 0 aliphatic heterocycles. The van der Waals surface area contributed by atoms with Crippen molar-refractivity contribution < 1.29 is 23.1 Å². The van der Waals surface area contributed by atoms with E-state index < -0.39 is 28.3 Å². The first kappa shape index (κ1) is 34.1. The Bertz CT molecular complexity index is 1800. The van der Waals surface area contributed by atoms with Gasteiger partial charge in [-0.15, -0.1) is 22.7 Å². The van der Waals surface area contributed by atoms with Crippen LogP contribution in [0.1, 0.15) is 24.3 Å². The summed E-state index contributed by atoms with van der Waals surface area (Å²) < 4.78 is 34.6. The minimum atomic E-state index is -4.01. The second-order valence-corrected chi connectivity index (χ2v) is 15.0. The third-order valence-corrected chi connectivity index (χ3v) is 10.4. The standard InChI is InChI=1S/C33H36N6O5S3/c1-23(2)18-39(19-31(40)29(16-24-6-4-3-5-7-24)38-33(41)44-20-27-17-35-22-46-27)47(42,43)28-10-8-25(9-11-28)30-21-45-32(37-30)36-26-12-14-34-15-13-26/h3-15,17,21-23,29,31,40H,16,18-20H2,1-2H3,(H,38,41)(H,34,36,37). The van der Waals surface area contributed by atoms with Crippen LogP contribution < -0.4 is 10.6 Å². The van der Waals surface area contributed by atoms with Gasteiger partial charge in [0.15, 0.2) is 5.13 Å². The summed E-state index contributed by atoms with van der Waals surface area (Å²) in [4.78, 5) is 26.3. The van der Waals surface area contributed by atoms with Gasteiger partial charge in [0.2, 0.25) is 10.0 Å². The zero-order valence-electron chi connectivity index (χ0n) is 25.9. The minimum Gasteiger partial charge on any atom is -0.444 e. The molecule has 2 unspecified atom stereocenters. The van der Waals surface area contributed by atoms with E-state index in [2.05, 4.69) is 25.6 Å². The van der Waals surface area contributed by atoms with Gasteiger partial charge >= 0.3 is 6.09 Å². The fraction of sp³-hybridized carbons (Fsp3) is 0.273. The maximum Gasteiger partial charge on any atom is 0.407 e. The molecule has 0 radical (unpaired) electrons. The number of carbonyl (C=O) groups is 1. The molecule has 0 bridgehead atoms. The van der Waals surface area contributed by atoms with Crippen LogP contribution in [0.4, 0.5) is 15.6 Å². The lowest BCUT2D eigenvalue weighted by molar-refractivity contribution is 0.0876. The number of rotatable bonds is 15. The number of amides is 1. The Morgan fingerprint density at radius 3 is 2.40 bits per heavy atom. The number of aromatic nitrogens is 3. The Kier molecular flexibility index (Phi) is 11.7. The Balaban J connectivity index is 1.30. The van der Waals surface area contributed by atoms with E-state index in [1.54, 1.807) is 48.4 Å². The Labute approximate surface area is 282 Å². The fourth-order valence-electron chi connectivity index (χ4n) is 4.78. The molecule has 0 saturated heterocycles. The van der Waals surface area contributed by atoms with E-state index in [0.717, 1.165) is 21.7 Å². The molecule has 5 rings (SSSR count). The van der Waals surface area contributed by atoms with Gasteiger partial charge in [-0.25, -0.2) is 18.2 Å². The molecule has 2 atom stereocenters. The predicted molar refractivity (Wildman–Crippen MR) is 184 cm³/mol. The molecule has 3 N–H and O–H groups in total. The maximum absolute atomic E-state index is 14.0.